The second-order valence-corrected chi connectivity index (χ2v) is 6.71. The molecule has 0 atom stereocenters. The van der Waals surface area contributed by atoms with E-state index in [1.807, 2.05) is 49.3 Å². The largest absolute Gasteiger partial charge is 0.444 e. The number of aryl methyl sites for hydroxylation is 1. The lowest BCUT2D eigenvalue weighted by Crippen LogP contribution is -2.37. The first kappa shape index (κ1) is 21.9. The summed E-state index contributed by atoms with van der Waals surface area (Å²) in [4.78, 5) is 11.2. The Morgan fingerprint density at radius 3 is 2.46 bits per heavy atom. The Labute approximate surface area is 183 Å². The molecule has 3 aromatic rings. The molecule has 1 aromatic heterocycles. The van der Waals surface area contributed by atoms with E-state index in [-0.39, 0.29) is 24.0 Å². The molecule has 0 radical (unpaired) electrons. The number of aliphatic imine (C=N–C) groups is 1. The lowest BCUT2D eigenvalue weighted by molar-refractivity contribution is 0.569. The van der Waals surface area contributed by atoms with Crippen LogP contribution in [0.3, 0.4) is 0 Å². The van der Waals surface area contributed by atoms with Crippen LogP contribution in [0.2, 0.25) is 0 Å². The molecular weight excluding hydrogens is 463 g/mol. The standard InChI is InChI=1S/C22H26N4O.HI/c1-17-9-11-19(12-10-17)21-25-20(16-27-21)13-14-23-22(26(2)3)24-15-18-7-5-4-6-8-18;/h4-12,16H,13-15H2,1-3H3,(H,23,24);1H. The summed E-state index contributed by atoms with van der Waals surface area (Å²) < 4.78 is 5.62. The molecular formula is C22H27IN4O. The monoisotopic (exact) mass is 490 g/mol. The fourth-order valence-electron chi connectivity index (χ4n) is 2.66. The zero-order valence-corrected chi connectivity index (χ0v) is 18.9. The molecule has 28 heavy (non-hydrogen) atoms. The number of hydrogen-bond acceptors (Lipinski definition) is 3. The molecule has 0 amide bonds. The Hall–Kier alpha value is -2.35. The molecule has 0 spiro atoms. The highest BCUT2D eigenvalue weighted by atomic mass is 127. The van der Waals surface area contributed by atoms with E-state index in [2.05, 4.69) is 46.5 Å². The first-order chi connectivity index (χ1) is 13.1. The maximum atomic E-state index is 5.62. The molecule has 1 N–H and O–H groups in total. The Morgan fingerprint density at radius 1 is 1.07 bits per heavy atom. The average Bonchev–Trinajstić information content (AvgIpc) is 3.14. The number of halogens is 1. The molecule has 0 saturated heterocycles. The maximum Gasteiger partial charge on any atom is 0.226 e. The van der Waals surface area contributed by atoms with E-state index in [9.17, 15) is 0 Å². The van der Waals surface area contributed by atoms with Gasteiger partial charge in [0.15, 0.2) is 5.96 Å². The van der Waals surface area contributed by atoms with Crippen molar-refractivity contribution in [2.75, 3.05) is 20.6 Å². The molecule has 0 fully saturated rings. The van der Waals surface area contributed by atoms with Crippen LogP contribution >= 0.6 is 24.0 Å². The van der Waals surface area contributed by atoms with Crippen LogP contribution < -0.4 is 5.32 Å². The average molecular weight is 490 g/mol. The van der Waals surface area contributed by atoms with Gasteiger partial charge in [-0.1, -0.05) is 48.0 Å². The van der Waals surface area contributed by atoms with Gasteiger partial charge >= 0.3 is 0 Å². The van der Waals surface area contributed by atoms with Crippen LogP contribution in [0, 0.1) is 6.92 Å². The van der Waals surface area contributed by atoms with Gasteiger partial charge in [-0.05, 0) is 24.6 Å². The SMILES string of the molecule is Cc1ccc(-c2nc(CCNC(=NCc3ccccc3)N(C)C)co2)cc1.I. The summed E-state index contributed by atoms with van der Waals surface area (Å²) in [6, 6.07) is 18.4. The highest BCUT2D eigenvalue weighted by Gasteiger charge is 2.07. The number of nitrogens with one attached hydrogen (secondary N) is 1. The summed E-state index contributed by atoms with van der Waals surface area (Å²) in [6.07, 6.45) is 2.50. The summed E-state index contributed by atoms with van der Waals surface area (Å²) in [7, 11) is 3.98. The molecule has 3 rings (SSSR count). The summed E-state index contributed by atoms with van der Waals surface area (Å²) in [5, 5.41) is 3.39. The van der Waals surface area contributed by atoms with E-state index in [1.54, 1.807) is 6.26 Å². The third kappa shape index (κ3) is 6.37. The van der Waals surface area contributed by atoms with Crippen LogP contribution in [0.4, 0.5) is 0 Å². The predicted octanol–water partition coefficient (Wildman–Crippen LogP) is 4.52. The van der Waals surface area contributed by atoms with Crippen LogP contribution in [0.25, 0.3) is 11.5 Å². The zero-order valence-electron chi connectivity index (χ0n) is 16.6. The highest BCUT2D eigenvalue weighted by molar-refractivity contribution is 14.0. The second kappa shape index (κ2) is 10.8. The number of oxazole rings is 1. The summed E-state index contributed by atoms with van der Waals surface area (Å²) in [5.41, 5.74) is 4.34. The van der Waals surface area contributed by atoms with Crippen molar-refractivity contribution in [2.24, 2.45) is 4.99 Å². The predicted molar refractivity (Wildman–Crippen MR) is 125 cm³/mol. The van der Waals surface area contributed by atoms with Gasteiger partial charge in [-0.3, -0.25) is 0 Å². The fraction of sp³-hybridized carbons (Fsp3) is 0.273. The summed E-state index contributed by atoms with van der Waals surface area (Å²) >= 11 is 0. The third-order valence-electron chi connectivity index (χ3n) is 4.19. The van der Waals surface area contributed by atoms with Crippen molar-refractivity contribution in [3.63, 3.8) is 0 Å². The van der Waals surface area contributed by atoms with Gasteiger partial charge in [0.05, 0.1) is 12.2 Å². The topological polar surface area (TPSA) is 53.7 Å². The Kier molecular flexibility index (Phi) is 8.50. The number of guanidine groups is 1. The van der Waals surface area contributed by atoms with E-state index in [4.69, 9.17) is 4.42 Å². The van der Waals surface area contributed by atoms with E-state index < -0.39 is 0 Å². The lowest BCUT2D eigenvalue weighted by Gasteiger charge is -2.17. The van der Waals surface area contributed by atoms with Crippen molar-refractivity contribution in [2.45, 2.75) is 19.9 Å². The van der Waals surface area contributed by atoms with Crippen molar-refractivity contribution < 1.29 is 4.42 Å². The number of nitrogens with zero attached hydrogens (tertiary/aromatic N) is 3. The van der Waals surface area contributed by atoms with Crippen molar-refractivity contribution >= 4 is 29.9 Å². The molecule has 2 aromatic carbocycles. The second-order valence-electron chi connectivity index (χ2n) is 6.71. The van der Waals surface area contributed by atoms with Crippen LogP contribution in [0.5, 0.6) is 0 Å². The van der Waals surface area contributed by atoms with Crippen molar-refractivity contribution in [1.82, 2.24) is 15.2 Å². The van der Waals surface area contributed by atoms with Gasteiger partial charge in [-0.25, -0.2) is 9.98 Å². The molecule has 1 heterocycles. The van der Waals surface area contributed by atoms with E-state index in [0.29, 0.717) is 12.4 Å². The molecule has 0 aliphatic carbocycles. The Bertz CT molecular complexity index is 873. The van der Waals surface area contributed by atoms with Crippen molar-refractivity contribution in [3.05, 3.63) is 77.7 Å². The van der Waals surface area contributed by atoms with Gasteiger partial charge in [-0.2, -0.15) is 0 Å². The number of benzene rings is 2. The Balaban J connectivity index is 0.00000280. The minimum absolute atomic E-state index is 0. The van der Waals surface area contributed by atoms with Gasteiger partial charge in [0.1, 0.15) is 6.26 Å². The molecule has 0 bridgehead atoms. The summed E-state index contributed by atoms with van der Waals surface area (Å²) in [6.45, 7) is 3.46. The molecule has 0 aliphatic rings. The minimum Gasteiger partial charge on any atom is -0.444 e. The number of aromatic nitrogens is 1. The van der Waals surface area contributed by atoms with Gasteiger partial charge in [0, 0.05) is 32.6 Å². The van der Waals surface area contributed by atoms with Gasteiger partial charge in [-0.15, -0.1) is 24.0 Å². The van der Waals surface area contributed by atoms with Crippen molar-refractivity contribution in [1.29, 1.82) is 0 Å². The highest BCUT2D eigenvalue weighted by Crippen LogP contribution is 2.19. The normalized spacial score (nSPS) is 11.0. The van der Waals surface area contributed by atoms with Gasteiger partial charge in [0.2, 0.25) is 5.89 Å². The quantitative estimate of drug-likeness (QED) is 0.314. The van der Waals surface area contributed by atoms with Crippen molar-refractivity contribution in [3.8, 4) is 11.5 Å². The number of hydrogen-bond donors (Lipinski definition) is 1. The van der Waals surface area contributed by atoms with Crippen LogP contribution in [-0.4, -0.2) is 36.5 Å². The minimum atomic E-state index is 0. The first-order valence-electron chi connectivity index (χ1n) is 9.13. The van der Waals surface area contributed by atoms with E-state index in [1.165, 1.54) is 11.1 Å². The van der Waals surface area contributed by atoms with Crippen LogP contribution in [-0.2, 0) is 13.0 Å². The first-order valence-corrected chi connectivity index (χ1v) is 9.13. The molecule has 5 nitrogen and oxygen atoms in total. The Morgan fingerprint density at radius 2 is 1.79 bits per heavy atom. The van der Waals surface area contributed by atoms with E-state index >= 15 is 0 Å². The maximum absolute atomic E-state index is 5.62. The van der Waals surface area contributed by atoms with Crippen LogP contribution in [0.1, 0.15) is 16.8 Å². The number of rotatable bonds is 6. The molecule has 148 valence electrons. The molecule has 6 heteroatoms. The molecule has 0 aliphatic heterocycles. The molecule has 0 saturated carbocycles. The summed E-state index contributed by atoms with van der Waals surface area (Å²) in [5.74, 6) is 1.52. The smallest absolute Gasteiger partial charge is 0.226 e. The van der Waals surface area contributed by atoms with Gasteiger partial charge < -0.3 is 14.6 Å². The molecule has 0 unspecified atom stereocenters. The lowest BCUT2D eigenvalue weighted by atomic mass is 10.1. The zero-order chi connectivity index (χ0) is 19.1. The fourth-order valence-corrected chi connectivity index (χ4v) is 2.66. The van der Waals surface area contributed by atoms with Gasteiger partial charge in [0.25, 0.3) is 0 Å². The third-order valence-corrected chi connectivity index (χ3v) is 4.19. The van der Waals surface area contributed by atoms with E-state index in [0.717, 1.165) is 30.2 Å². The van der Waals surface area contributed by atoms with Crippen LogP contribution in [0.15, 0.2) is 70.3 Å².